The van der Waals surface area contributed by atoms with Crippen LogP contribution in [0.25, 0.3) is 0 Å². The maximum absolute atomic E-state index is 11.8. The molecule has 0 aromatic heterocycles. The Morgan fingerprint density at radius 1 is 1.37 bits per heavy atom. The maximum atomic E-state index is 11.8. The second-order valence-electron chi connectivity index (χ2n) is 4.55. The molecule has 5 nitrogen and oxygen atoms in total. The van der Waals surface area contributed by atoms with Crippen LogP contribution < -0.4 is 5.32 Å². The normalized spacial score (nSPS) is 19.9. The van der Waals surface area contributed by atoms with E-state index in [-0.39, 0.29) is 12.5 Å². The number of nitrogens with one attached hydrogen (secondary N) is 1. The molecule has 2 N–H and O–H groups in total. The molecule has 1 aromatic rings. The van der Waals surface area contributed by atoms with Gasteiger partial charge in [0.2, 0.25) is 5.91 Å². The van der Waals surface area contributed by atoms with Crippen molar-refractivity contribution in [2.45, 2.75) is 24.9 Å². The van der Waals surface area contributed by atoms with Gasteiger partial charge in [0.1, 0.15) is 6.10 Å². The number of carbonyl (C=O) groups excluding carboxylic acids is 1. The number of aliphatic carboxylic acids is 1. The number of carbonyl (C=O) groups is 2. The van der Waals surface area contributed by atoms with Gasteiger partial charge in [-0.1, -0.05) is 30.3 Å². The second kappa shape index (κ2) is 6.33. The maximum Gasteiger partial charge on any atom is 0.312 e. The molecule has 19 heavy (non-hydrogen) atoms. The monoisotopic (exact) mass is 263 g/mol. The molecule has 2 rings (SSSR count). The van der Waals surface area contributed by atoms with Crippen molar-refractivity contribution in [2.24, 2.45) is 0 Å². The van der Waals surface area contributed by atoms with Crippen LogP contribution in [-0.2, 0) is 14.3 Å². The molecule has 1 heterocycles. The SMILES string of the molecule is O=C(O)C(CNC(=O)[C@@H]1CCCO1)c1ccccc1. The van der Waals surface area contributed by atoms with Gasteiger partial charge < -0.3 is 15.2 Å². The minimum atomic E-state index is -0.946. The van der Waals surface area contributed by atoms with Gasteiger partial charge in [0.15, 0.2) is 0 Å². The minimum absolute atomic E-state index is 0.0814. The molecule has 2 atom stereocenters. The Morgan fingerprint density at radius 3 is 2.68 bits per heavy atom. The van der Waals surface area contributed by atoms with Crippen LogP contribution in [0, 0.1) is 0 Å². The summed E-state index contributed by atoms with van der Waals surface area (Å²) < 4.78 is 5.25. The Morgan fingerprint density at radius 2 is 2.11 bits per heavy atom. The number of amides is 1. The van der Waals surface area contributed by atoms with Crippen LogP contribution in [0.5, 0.6) is 0 Å². The van der Waals surface area contributed by atoms with Crippen molar-refractivity contribution < 1.29 is 19.4 Å². The first-order chi connectivity index (χ1) is 9.18. The van der Waals surface area contributed by atoms with Crippen LogP contribution in [0.1, 0.15) is 24.3 Å². The van der Waals surface area contributed by atoms with Crippen LogP contribution in [0.3, 0.4) is 0 Å². The molecule has 0 bridgehead atoms. The van der Waals surface area contributed by atoms with Crippen LogP contribution in [0.15, 0.2) is 30.3 Å². The largest absolute Gasteiger partial charge is 0.481 e. The van der Waals surface area contributed by atoms with Gasteiger partial charge in [0.25, 0.3) is 0 Å². The summed E-state index contributed by atoms with van der Waals surface area (Å²) in [5.74, 6) is -1.90. The average molecular weight is 263 g/mol. The fraction of sp³-hybridized carbons (Fsp3) is 0.429. The molecule has 1 amide bonds. The van der Waals surface area contributed by atoms with E-state index in [9.17, 15) is 14.7 Å². The lowest BCUT2D eigenvalue weighted by atomic mass is 9.99. The van der Waals surface area contributed by atoms with E-state index in [0.717, 1.165) is 6.42 Å². The summed E-state index contributed by atoms with van der Waals surface area (Å²) in [4.78, 5) is 23.0. The smallest absolute Gasteiger partial charge is 0.312 e. The highest BCUT2D eigenvalue weighted by atomic mass is 16.5. The van der Waals surface area contributed by atoms with Crippen LogP contribution >= 0.6 is 0 Å². The summed E-state index contributed by atoms with van der Waals surface area (Å²) >= 11 is 0. The number of hydrogen-bond acceptors (Lipinski definition) is 3. The van der Waals surface area contributed by atoms with Gasteiger partial charge in [-0.3, -0.25) is 9.59 Å². The predicted octanol–water partition coefficient (Wildman–Crippen LogP) is 1.15. The Balaban J connectivity index is 1.94. The highest BCUT2D eigenvalue weighted by Crippen LogP contribution is 2.16. The lowest BCUT2D eigenvalue weighted by Gasteiger charge is -2.15. The summed E-state index contributed by atoms with van der Waals surface area (Å²) in [6, 6.07) is 8.89. The molecule has 0 aliphatic carbocycles. The van der Waals surface area contributed by atoms with E-state index in [2.05, 4.69) is 5.32 Å². The summed E-state index contributed by atoms with van der Waals surface area (Å²) in [5, 5.41) is 11.9. The van der Waals surface area contributed by atoms with Gasteiger partial charge in [-0.2, -0.15) is 0 Å². The van der Waals surface area contributed by atoms with Crippen molar-refractivity contribution in [2.75, 3.05) is 13.2 Å². The summed E-state index contributed by atoms with van der Waals surface area (Å²) in [6.07, 6.45) is 1.15. The molecule has 1 unspecified atom stereocenters. The third kappa shape index (κ3) is 3.54. The fourth-order valence-corrected chi connectivity index (χ4v) is 2.13. The lowest BCUT2D eigenvalue weighted by Crippen LogP contribution is -2.38. The standard InChI is InChI=1S/C14H17NO4/c16-13(12-7-4-8-19-12)15-9-11(14(17)18)10-5-2-1-3-6-10/h1-3,5-6,11-12H,4,7-9H2,(H,15,16)(H,17,18)/t11?,12-/m0/s1. The molecular formula is C14H17NO4. The Kier molecular flexibility index (Phi) is 4.52. The Bertz CT molecular complexity index is 440. The number of carboxylic acids is 1. The molecule has 1 aliphatic heterocycles. The lowest BCUT2D eigenvalue weighted by molar-refractivity contribution is -0.139. The number of benzene rings is 1. The van der Waals surface area contributed by atoms with E-state index in [0.29, 0.717) is 18.6 Å². The first-order valence-electron chi connectivity index (χ1n) is 6.35. The highest BCUT2D eigenvalue weighted by molar-refractivity contribution is 5.82. The van der Waals surface area contributed by atoms with Gasteiger partial charge >= 0.3 is 5.97 Å². The third-order valence-corrected chi connectivity index (χ3v) is 3.20. The molecular weight excluding hydrogens is 246 g/mol. The highest BCUT2D eigenvalue weighted by Gasteiger charge is 2.26. The van der Waals surface area contributed by atoms with Crippen molar-refractivity contribution in [1.82, 2.24) is 5.32 Å². The molecule has 102 valence electrons. The zero-order valence-electron chi connectivity index (χ0n) is 10.5. The second-order valence-corrected chi connectivity index (χ2v) is 4.55. The van der Waals surface area contributed by atoms with Gasteiger partial charge in [-0.05, 0) is 18.4 Å². The summed E-state index contributed by atoms with van der Waals surface area (Å²) in [6.45, 7) is 0.678. The van der Waals surface area contributed by atoms with E-state index in [1.807, 2.05) is 6.07 Å². The minimum Gasteiger partial charge on any atom is -0.481 e. The summed E-state index contributed by atoms with van der Waals surface area (Å²) in [5.41, 5.74) is 0.683. The van der Waals surface area contributed by atoms with Crippen molar-refractivity contribution in [3.05, 3.63) is 35.9 Å². The van der Waals surface area contributed by atoms with Gasteiger partial charge in [0, 0.05) is 13.2 Å². The molecule has 1 aliphatic rings. The fourth-order valence-electron chi connectivity index (χ4n) is 2.13. The molecule has 1 fully saturated rings. The van der Waals surface area contributed by atoms with Gasteiger partial charge in [-0.25, -0.2) is 0 Å². The molecule has 1 aromatic carbocycles. The van der Waals surface area contributed by atoms with E-state index >= 15 is 0 Å². The topological polar surface area (TPSA) is 75.6 Å². The first-order valence-corrected chi connectivity index (χ1v) is 6.35. The number of carboxylic acid groups (broad SMARTS) is 1. The van der Waals surface area contributed by atoms with Gasteiger partial charge in [0.05, 0.1) is 5.92 Å². The number of ether oxygens (including phenoxy) is 1. The molecule has 0 spiro atoms. The van der Waals surface area contributed by atoms with E-state index in [1.54, 1.807) is 24.3 Å². The quantitative estimate of drug-likeness (QED) is 0.835. The number of hydrogen-bond donors (Lipinski definition) is 2. The van der Waals surface area contributed by atoms with Crippen molar-refractivity contribution in [1.29, 1.82) is 0 Å². The molecule has 1 saturated heterocycles. The molecule has 0 saturated carbocycles. The average Bonchev–Trinajstić information content (AvgIpc) is 2.93. The van der Waals surface area contributed by atoms with Crippen LogP contribution in [-0.4, -0.2) is 36.2 Å². The van der Waals surface area contributed by atoms with E-state index in [4.69, 9.17) is 4.74 Å². The zero-order valence-corrected chi connectivity index (χ0v) is 10.5. The van der Waals surface area contributed by atoms with Crippen LogP contribution in [0.4, 0.5) is 0 Å². The third-order valence-electron chi connectivity index (χ3n) is 3.20. The van der Waals surface area contributed by atoms with E-state index < -0.39 is 18.0 Å². The molecule has 0 radical (unpaired) electrons. The Labute approximate surface area is 111 Å². The van der Waals surface area contributed by atoms with Crippen molar-refractivity contribution in [3.63, 3.8) is 0 Å². The predicted molar refractivity (Wildman–Crippen MR) is 68.8 cm³/mol. The van der Waals surface area contributed by atoms with Gasteiger partial charge in [-0.15, -0.1) is 0 Å². The summed E-state index contributed by atoms with van der Waals surface area (Å²) in [7, 11) is 0. The van der Waals surface area contributed by atoms with Crippen molar-refractivity contribution >= 4 is 11.9 Å². The number of rotatable bonds is 5. The Hall–Kier alpha value is -1.88. The molecule has 5 heteroatoms. The zero-order chi connectivity index (χ0) is 13.7. The first kappa shape index (κ1) is 13.5. The van der Waals surface area contributed by atoms with E-state index in [1.165, 1.54) is 0 Å². The van der Waals surface area contributed by atoms with Crippen LogP contribution in [0.2, 0.25) is 0 Å². The van der Waals surface area contributed by atoms with Crippen molar-refractivity contribution in [3.8, 4) is 0 Å².